The van der Waals surface area contributed by atoms with Gasteiger partial charge < -0.3 is 20.5 Å². The Hall–Kier alpha value is -2.01. The van der Waals surface area contributed by atoms with E-state index in [2.05, 4.69) is 62.9 Å². The molecule has 1 saturated heterocycles. The Bertz CT molecular complexity index is 697. The van der Waals surface area contributed by atoms with Crippen molar-refractivity contribution in [1.82, 2.24) is 20.5 Å². The second kappa shape index (κ2) is 9.62. The summed E-state index contributed by atoms with van der Waals surface area (Å²) in [5.74, 6) is 0.942. The molecule has 5 heteroatoms. The van der Waals surface area contributed by atoms with E-state index in [0.29, 0.717) is 6.04 Å². The molecule has 0 atom stereocenters. The van der Waals surface area contributed by atoms with Gasteiger partial charge in [0.25, 0.3) is 0 Å². The van der Waals surface area contributed by atoms with Gasteiger partial charge in [-0.05, 0) is 50.3 Å². The number of aryl methyl sites for hydroxylation is 1. The molecule has 0 unspecified atom stereocenters. The average Bonchev–Trinajstić information content (AvgIpc) is 3.09. The first kappa shape index (κ1) is 18.8. The molecule has 0 aliphatic carbocycles. The van der Waals surface area contributed by atoms with Crippen LogP contribution in [0.25, 0.3) is 10.9 Å². The molecule has 3 rings (SSSR count). The number of aromatic amines is 1. The largest absolute Gasteiger partial charge is 0.361 e. The summed E-state index contributed by atoms with van der Waals surface area (Å²) in [6, 6.07) is 9.05. The summed E-state index contributed by atoms with van der Waals surface area (Å²) in [5.41, 5.74) is 2.62. The first-order chi connectivity index (χ1) is 12.8. The number of rotatable bonds is 7. The molecule has 0 saturated carbocycles. The zero-order valence-corrected chi connectivity index (χ0v) is 16.2. The topological polar surface area (TPSA) is 55.4 Å². The summed E-state index contributed by atoms with van der Waals surface area (Å²) in [4.78, 5) is 10.3. The molecule has 1 aromatic heterocycles. The van der Waals surface area contributed by atoms with Crippen LogP contribution in [-0.4, -0.2) is 55.1 Å². The highest BCUT2D eigenvalue weighted by molar-refractivity contribution is 5.83. The molecule has 1 aromatic carbocycles. The third-order valence-corrected chi connectivity index (χ3v) is 5.28. The van der Waals surface area contributed by atoms with Crippen LogP contribution >= 0.6 is 0 Å². The number of guanidine groups is 1. The Morgan fingerprint density at radius 3 is 2.85 bits per heavy atom. The van der Waals surface area contributed by atoms with Gasteiger partial charge in [0.05, 0.1) is 0 Å². The first-order valence-electron chi connectivity index (χ1n) is 10.0. The van der Waals surface area contributed by atoms with E-state index in [1.165, 1.54) is 55.4 Å². The Balaban J connectivity index is 1.38. The highest BCUT2D eigenvalue weighted by Crippen LogP contribution is 2.18. The van der Waals surface area contributed by atoms with Gasteiger partial charge >= 0.3 is 0 Å². The molecule has 0 spiro atoms. The van der Waals surface area contributed by atoms with Crippen LogP contribution in [0.4, 0.5) is 0 Å². The number of hydrogen-bond donors (Lipinski definition) is 3. The third kappa shape index (κ3) is 5.01. The van der Waals surface area contributed by atoms with Crippen molar-refractivity contribution >= 4 is 16.9 Å². The summed E-state index contributed by atoms with van der Waals surface area (Å²) in [5, 5.41) is 8.42. The van der Waals surface area contributed by atoms with E-state index in [-0.39, 0.29) is 0 Å². The van der Waals surface area contributed by atoms with E-state index in [1.807, 2.05) is 7.05 Å². The van der Waals surface area contributed by atoms with Crippen molar-refractivity contribution in [3.8, 4) is 0 Å². The van der Waals surface area contributed by atoms with Crippen LogP contribution in [0.5, 0.6) is 0 Å². The Labute approximate surface area is 157 Å². The normalized spacial score (nSPS) is 16.9. The maximum absolute atomic E-state index is 4.40. The number of para-hydroxylation sites is 1. The molecule has 0 bridgehead atoms. The Morgan fingerprint density at radius 1 is 1.27 bits per heavy atom. The molecule has 0 amide bonds. The maximum Gasteiger partial charge on any atom is 0.191 e. The lowest BCUT2D eigenvalue weighted by molar-refractivity contribution is 0.206. The van der Waals surface area contributed by atoms with Crippen molar-refractivity contribution in [3.63, 3.8) is 0 Å². The summed E-state index contributed by atoms with van der Waals surface area (Å²) >= 11 is 0. The molecule has 5 nitrogen and oxygen atoms in total. The smallest absolute Gasteiger partial charge is 0.191 e. The number of aromatic nitrogens is 1. The van der Waals surface area contributed by atoms with E-state index in [4.69, 9.17) is 0 Å². The summed E-state index contributed by atoms with van der Waals surface area (Å²) < 4.78 is 0. The summed E-state index contributed by atoms with van der Waals surface area (Å²) in [7, 11) is 1.86. The van der Waals surface area contributed by atoms with Gasteiger partial charge in [0, 0.05) is 49.8 Å². The fourth-order valence-corrected chi connectivity index (χ4v) is 3.83. The van der Waals surface area contributed by atoms with E-state index in [0.717, 1.165) is 25.3 Å². The van der Waals surface area contributed by atoms with Gasteiger partial charge in [-0.15, -0.1) is 0 Å². The van der Waals surface area contributed by atoms with E-state index >= 15 is 0 Å². The van der Waals surface area contributed by atoms with Crippen molar-refractivity contribution in [2.75, 3.05) is 33.2 Å². The Kier molecular flexibility index (Phi) is 6.95. The fourth-order valence-electron chi connectivity index (χ4n) is 3.83. The van der Waals surface area contributed by atoms with E-state index < -0.39 is 0 Å². The molecular weight excluding hydrogens is 322 g/mol. The minimum atomic E-state index is 0.544. The van der Waals surface area contributed by atoms with Crippen LogP contribution in [-0.2, 0) is 6.42 Å². The molecule has 0 radical (unpaired) electrons. The first-order valence-corrected chi connectivity index (χ1v) is 10.0. The molecule has 2 heterocycles. The molecule has 1 aliphatic heterocycles. The van der Waals surface area contributed by atoms with E-state index in [1.54, 1.807) is 0 Å². The van der Waals surface area contributed by atoms with Crippen LogP contribution in [0.3, 0.4) is 0 Å². The van der Waals surface area contributed by atoms with Crippen molar-refractivity contribution < 1.29 is 0 Å². The van der Waals surface area contributed by atoms with Crippen molar-refractivity contribution in [3.05, 3.63) is 36.0 Å². The molecule has 2 aromatic rings. The predicted molar refractivity (Wildman–Crippen MR) is 111 cm³/mol. The quantitative estimate of drug-likeness (QED) is 0.406. The molecule has 3 N–H and O–H groups in total. The highest BCUT2D eigenvalue weighted by atomic mass is 15.2. The monoisotopic (exact) mass is 355 g/mol. The zero-order valence-electron chi connectivity index (χ0n) is 16.2. The number of likely N-dealkylation sites (tertiary alicyclic amines) is 1. The molecular formula is C21H33N5. The zero-order chi connectivity index (χ0) is 18.2. The highest BCUT2D eigenvalue weighted by Gasteiger charge is 2.19. The number of benzene rings is 1. The number of nitrogens with zero attached hydrogens (tertiary/aromatic N) is 2. The van der Waals surface area contributed by atoms with Gasteiger partial charge in [0.1, 0.15) is 0 Å². The molecule has 1 aliphatic rings. The summed E-state index contributed by atoms with van der Waals surface area (Å²) in [6.07, 6.45) is 7.96. The van der Waals surface area contributed by atoms with Crippen LogP contribution in [0.2, 0.25) is 0 Å². The number of piperidine rings is 1. The fraction of sp³-hybridized carbons (Fsp3) is 0.571. The average molecular weight is 356 g/mol. The molecule has 1 fully saturated rings. The number of nitrogens with one attached hydrogen (secondary N) is 3. The van der Waals surface area contributed by atoms with Crippen molar-refractivity contribution in [1.29, 1.82) is 0 Å². The lowest BCUT2D eigenvalue weighted by atomic mass is 10.1. The van der Waals surface area contributed by atoms with Gasteiger partial charge in [0.2, 0.25) is 0 Å². The number of fused-ring (bicyclic) bond motifs is 1. The minimum Gasteiger partial charge on any atom is -0.361 e. The predicted octanol–water partition coefficient (Wildman–Crippen LogP) is 3.14. The standard InChI is InChI=1S/C21H33N5/c1-3-13-26-14-10-18(11-15-26)25-21(22-2)23-12-6-7-17-16-24-20-9-5-4-8-19(17)20/h4-5,8-9,16,18,24H,3,6-7,10-15H2,1-2H3,(H2,22,23,25). The molecule has 26 heavy (non-hydrogen) atoms. The number of aliphatic imine (C=N–C) groups is 1. The number of hydrogen-bond acceptors (Lipinski definition) is 2. The van der Waals surface area contributed by atoms with Gasteiger partial charge in [-0.25, -0.2) is 0 Å². The van der Waals surface area contributed by atoms with Crippen LogP contribution in [0, 0.1) is 0 Å². The lowest BCUT2D eigenvalue weighted by Crippen LogP contribution is -2.48. The Morgan fingerprint density at radius 2 is 2.08 bits per heavy atom. The SMILES string of the molecule is CCCN1CCC(NC(=NC)NCCCc2c[nH]c3ccccc23)CC1. The van der Waals surface area contributed by atoms with Crippen LogP contribution in [0.15, 0.2) is 35.5 Å². The van der Waals surface area contributed by atoms with Crippen LogP contribution < -0.4 is 10.6 Å². The third-order valence-electron chi connectivity index (χ3n) is 5.28. The minimum absolute atomic E-state index is 0.544. The van der Waals surface area contributed by atoms with Gasteiger partial charge in [0.15, 0.2) is 5.96 Å². The maximum atomic E-state index is 4.40. The number of H-pyrrole nitrogens is 1. The lowest BCUT2D eigenvalue weighted by Gasteiger charge is -2.32. The van der Waals surface area contributed by atoms with Crippen LogP contribution in [0.1, 0.15) is 38.2 Å². The second-order valence-electron chi connectivity index (χ2n) is 7.22. The second-order valence-corrected chi connectivity index (χ2v) is 7.22. The van der Waals surface area contributed by atoms with Gasteiger partial charge in [-0.1, -0.05) is 25.1 Å². The van der Waals surface area contributed by atoms with E-state index in [9.17, 15) is 0 Å². The molecule has 142 valence electrons. The summed E-state index contributed by atoms with van der Waals surface area (Å²) in [6.45, 7) is 6.82. The van der Waals surface area contributed by atoms with Gasteiger partial charge in [-0.3, -0.25) is 4.99 Å². The van der Waals surface area contributed by atoms with Crippen molar-refractivity contribution in [2.24, 2.45) is 4.99 Å². The van der Waals surface area contributed by atoms with Gasteiger partial charge in [-0.2, -0.15) is 0 Å². The van der Waals surface area contributed by atoms with Crippen molar-refractivity contribution in [2.45, 2.75) is 45.1 Å².